The highest BCUT2D eigenvalue weighted by Crippen LogP contribution is 2.34. The van der Waals surface area contributed by atoms with E-state index in [2.05, 4.69) is 53.2 Å². The van der Waals surface area contributed by atoms with E-state index in [0.717, 1.165) is 11.2 Å². The van der Waals surface area contributed by atoms with Crippen molar-refractivity contribution in [1.29, 1.82) is 0 Å². The fourth-order valence-corrected chi connectivity index (χ4v) is 3.10. The molecular formula is C17H17BrO. The molecule has 0 saturated heterocycles. The van der Waals surface area contributed by atoms with Gasteiger partial charge in [-0.2, -0.15) is 0 Å². The summed E-state index contributed by atoms with van der Waals surface area (Å²) in [5, 5.41) is 2.40. The molecular weight excluding hydrogens is 300 g/mol. The van der Waals surface area contributed by atoms with Crippen LogP contribution >= 0.6 is 15.9 Å². The van der Waals surface area contributed by atoms with E-state index in [4.69, 9.17) is 4.42 Å². The first-order valence-corrected chi connectivity index (χ1v) is 7.76. The van der Waals surface area contributed by atoms with Gasteiger partial charge in [-0.15, -0.1) is 0 Å². The van der Waals surface area contributed by atoms with Crippen LogP contribution in [0.5, 0.6) is 0 Å². The van der Waals surface area contributed by atoms with Gasteiger partial charge in [-0.1, -0.05) is 66.0 Å². The van der Waals surface area contributed by atoms with Crippen LogP contribution in [-0.4, -0.2) is 0 Å². The summed E-state index contributed by atoms with van der Waals surface area (Å²) in [7, 11) is 0. The van der Waals surface area contributed by atoms with Crippen LogP contribution in [0.2, 0.25) is 0 Å². The van der Waals surface area contributed by atoms with E-state index in [1.54, 1.807) is 0 Å². The lowest BCUT2D eigenvalue weighted by Gasteiger charge is -2.08. The summed E-state index contributed by atoms with van der Waals surface area (Å²) < 4.78 is 5.93. The van der Waals surface area contributed by atoms with E-state index in [1.165, 1.54) is 35.6 Å². The number of unbranched alkanes of at least 4 members (excludes halogenated alkanes) is 1. The summed E-state index contributed by atoms with van der Waals surface area (Å²) in [6, 6.07) is 14.8. The summed E-state index contributed by atoms with van der Waals surface area (Å²) in [6.45, 7) is 2.22. The number of para-hydroxylation sites is 1. The molecule has 0 radical (unpaired) electrons. The minimum Gasteiger partial charge on any atom is -0.456 e. The van der Waals surface area contributed by atoms with Crippen molar-refractivity contribution in [2.45, 2.75) is 31.0 Å². The Morgan fingerprint density at radius 3 is 2.68 bits per heavy atom. The van der Waals surface area contributed by atoms with Gasteiger partial charge < -0.3 is 4.42 Å². The molecule has 1 atom stereocenters. The van der Waals surface area contributed by atoms with Crippen LogP contribution < -0.4 is 0 Å². The number of alkyl halides is 1. The summed E-state index contributed by atoms with van der Waals surface area (Å²) >= 11 is 3.77. The molecule has 1 unspecified atom stereocenters. The maximum Gasteiger partial charge on any atom is 0.135 e. The molecule has 3 rings (SSSR count). The standard InChI is InChI=1S/C17H17BrO/c1-2-3-7-15(18)12-9-10-14-13-6-4-5-8-16(13)19-17(14)11-12/h4-6,8-11,15H,2-3,7H2,1H3. The van der Waals surface area contributed by atoms with Crippen molar-refractivity contribution in [3.8, 4) is 0 Å². The fraction of sp³-hybridized carbons (Fsp3) is 0.294. The topological polar surface area (TPSA) is 13.1 Å². The Morgan fingerprint density at radius 1 is 1.05 bits per heavy atom. The molecule has 1 aromatic heterocycles. The Morgan fingerprint density at radius 2 is 1.84 bits per heavy atom. The molecule has 0 spiro atoms. The van der Waals surface area contributed by atoms with E-state index >= 15 is 0 Å². The third-order valence-corrected chi connectivity index (χ3v) is 4.56. The van der Waals surface area contributed by atoms with Crippen molar-refractivity contribution in [1.82, 2.24) is 0 Å². The van der Waals surface area contributed by atoms with Crippen LogP contribution in [0.1, 0.15) is 36.6 Å². The summed E-state index contributed by atoms with van der Waals surface area (Å²) in [4.78, 5) is 0.421. The van der Waals surface area contributed by atoms with Crippen LogP contribution in [0.3, 0.4) is 0 Å². The number of halogens is 1. The second kappa shape index (κ2) is 5.38. The highest BCUT2D eigenvalue weighted by molar-refractivity contribution is 9.09. The number of rotatable bonds is 4. The molecule has 0 saturated carbocycles. The zero-order chi connectivity index (χ0) is 13.2. The van der Waals surface area contributed by atoms with Gasteiger partial charge in [-0.25, -0.2) is 0 Å². The maximum absolute atomic E-state index is 5.93. The highest BCUT2D eigenvalue weighted by atomic mass is 79.9. The molecule has 1 nitrogen and oxygen atoms in total. The monoisotopic (exact) mass is 316 g/mol. The number of fused-ring (bicyclic) bond motifs is 3. The minimum absolute atomic E-state index is 0.421. The number of furan rings is 1. The predicted octanol–water partition coefficient (Wildman–Crippen LogP) is 6.21. The molecule has 2 heteroatoms. The van der Waals surface area contributed by atoms with Crippen molar-refractivity contribution >= 4 is 37.9 Å². The van der Waals surface area contributed by atoms with Crippen molar-refractivity contribution in [3.63, 3.8) is 0 Å². The number of hydrogen-bond donors (Lipinski definition) is 0. The van der Waals surface area contributed by atoms with Crippen molar-refractivity contribution in [2.24, 2.45) is 0 Å². The van der Waals surface area contributed by atoms with Gasteiger partial charge in [0.25, 0.3) is 0 Å². The third kappa shape index (κ3) is 2.42. The molecule has 19 heavy (non-hydrogen) atoms. The SMILES string of the molecule is CCCCC(Br)c1ccc2c(c1)oc1ccccc12. The van der Waals surface area contributed by atoms with Gasteiger partial charge in [-0.3, -0.25) is 0 Å². The first-order valence-electron chi connectivity index (χ1n) is 6.85. The lowest BCUT2D eigenvalue weighted by atomic mass is 10.0. The molecule has 1 heterocycles. The van der Waals surface area contributed by atoms with Crippen LogP contribution in [0.15, 0.2) is 46.9 Å². The molecule has 0 aliphatic carbocycles. The Kier molecular flexibility index (Phi) is 3.61. The first-order chi connectivity index (χ1) is 9.29. The molecule has 98 valence electrons. The smallest absolute Gasteiger partial charge is 0.135 e. The molecule has 0 N–H and O–H groups in total. The van der Waals surface area contributed by atoms with Gasteiger partial charge in [0.05, 0.1) is 0 Å². The largest absolute Gasteiger partial charge is 0.456 e. The lowest BCUT2D eigenvalue weighted by Crippen LogP contribution is -1.89. The van der Waals surface area contributed by atoms with Gasteiger partial charge in [0.2, 0.25) is 0 Å². The molecule has 0 aliphatic heterocycles. The van der Waals surface area contributed by atoms with E-state index in [0.29, 0.717) is 4.83 Å². The van der Waals surface area contributed by atoms with Crippen molar-refractivity contribution in [3.05, 3.63) is 48.0 Å². The summed E-state index contributed by atoms with van der Waals surface area (Å²) in [5.41, 5.74) is 3.26. The number of hydrogen-bond acceptors (Lipinski definition) is 1. The zero-order valence-electron chi connectivity index (χ0n) is 11.0. The minimum atomic E-state index is 0.421. The van der Waals surface area contributed by atoms with Crippen molar-refractivity contribution < 1.29 is 4.42 Å². The molecule has 2 aromatic carbocycles. The van der Waals surface area contributed by atoms with E-state index < -0.39 is 0 Å². The van der Waals surface area contributed by atoms with Crippen LogP contribution in [0.25, 0.3) is 21.9 Å². The van der Waals surface area contributed by atoms with Gasteiger partial charge >= 0.3 is 0 Å². The summed E-state index contributed by atoms with van der Waals surface area (Å²) in [6.07, 6.45) is 3.64. The van der Waals surface area contributed by atoms with E-state index in [9.17, 15) is 0 Å². The maximum atomic E-state index is 5.93. The average Bonchev–Trinajstić information content (AvgIpc) is 2.82. The van der Waals surface area contributed by atoms with Crippen LogP contribution in [0, 0.1) is 0 Å². The second-order valence-corrected chi connectivity index (χ2v) is 6.07. The normalized spacial score (nSPS) is 13.2. The second-order valence-electron chi connectivity index (χ2n) is 4.96. The Labute approximate surface area is 121 Å². The number of benzene rings is 2. The van der Waals surface area contributed by atoms with E-state index in [-0.39, 0.29) is 0 Å². The predicted molar refractivity (Wildman–Crippen MR) is 84.9 cm³/mol. The average molecular weight is 317 g/mol. The molecule has 0 bridgehead atoms. The van der Waals surface area contributed by atoms with Gasteiger partial charge in [-0.05, 0) is 24.1 Å². The Balaban J connectivity index is 2.03. The van der Waals surface area contributed by atoms with Crippen LogP contribution in [-0.2, 0) is 0 Å². The van der Waals surface area contributed by atoms with E-state index in [1.807, 2.05) is 12.1 Å². The van der Waals surface area contributed by atoms with Gasteiger partial charge in [0.1, 0.15) is 11.2 Å². The summed E-state index contributed by atoms with van der Waals surface area (Å²) in [5.74, 6) is 0. The molecule has 0 aliphatic rings. The molecule has 3 aromatic rings. The third-order valence-electron chi connectivity index (χ3n) is 3.58. The van der Waals surface area contributed by atoms with Crippen molar-refractivity contribution in [2.75, 3.05) is 0 Å². The van der Waals surface area contributed by atoms with Gasteiger partial charge in [0.15, 0.2) is 0 Å². The lowest BCUT2D eigenvalue weighted by molar-refractivity contribution is 0.666. The Bertz CT molecular complexity index is 699. The quantitative estimate of drug-likeness (QED) is 0.521. The molecule has 0 amide bonds. The fourth-order valence-electron chi connectivity index (χ4n) is 2.49. The Hall–Kier alpha value is -1.28. The first kappa shape index (κ1) is 12.7. The molecule has 0 fully saturated rings. The van der Waals surface area contributed by atoms with Gasteiger partial charge in [0, 0.05) is 15.6 Å². The highest BCUT2D eigenvalue weighted by Gasteiger charge is 2.11. The van der Waals surface area contributed by atoms with Crippen LogP contribution in [0.4, 0.5) is 0 Å². The zero-order valence-corrected chi connectivity index (χ0v) is 12.6.